The van der Waals surface area contributed by atoms with Crippen LogP contribution in [0.15, 0.2) is 53.1 Å². The van der Waals surface area contributed by atoms with Gasteiger partial charge in [-0.25, -0.2) is 0 Å². The highest BCUT2D eigenvalue weighted by atomic mass is 19.4. The molecule has 1 fully saturated rings. The molecule has 6 nitrogen and oxygen atoms in total. The van der Waals surface area contributed by atoms with Crippen molar-refractivity contribution in [3.8, 4) is 0 Å². The molecule has 0 bridgehead atoms. The molecule has 0 radical (unpaired) electrons. The number of halogens is 3. The third-order valence-corrected chi connectivity index (χ3v) is 6.01. The van der Waals surface area contributed by atoms with Gasteiger partial charge in [-0.05, 0) is 56.3 Å². The molecule has 0 aliphatic carbocycles. The maximum absolute atomic E-state index is 13.1. The van der Waals surface area contributed by atoms with E-state index >= 15 is 0 Å². The summed E-state index contributed by atoms with van der Waals surface area (Å²) in [7, 11) is 0. The predicted molar refractivity (Wildman–Crippen MR) is 115 cm³/mol. The van der Waals surface area contributed by atoms with Gasteiger partial charge in [0.15, 0.2) is 0 Å². The number of hydrogen-bond acceptors (Lipinski definition) is 3. The van der Waals surface area contributed by atoms with Gasteiger partial charge in [0.25, 0.3) is 11.8 Å². The van der Waals surface area contributed by atoms with Crippen molar-refractivity contribution in [1.29, 1.82) is 0 Å². The Morgan fingerprint density at radius 2 is 1.55 bits per heavy atom. The van der Waals surface area contributed by atoms with Crippen LogP contribution in [0.25, 0.3) is 0 Å². The van der Waals surface area contributed by atoms with Crippen LogP contribution in [0.3, 0.4) is 0 Å². The van der Waals surface area contributed by atoms with Crippen LogP contribution in [0.5, 0.6) is 0 Å². The molecule has 1 aliphatic heterocycles. The van der Waals surface area contributed by atoms with Crippen LogP contribution in [-0.4, -0.2) is 52.4 Å². The largest absolute Gasteiger partial charge is 0.467 e. The fourth-order valence-corrected chi connectivity index (χ4v) is 4.09. The number of rotatable bonds is 4. The second-order valence-electron chi connectivity index (χ2n) is 8.11. The van der Waals surface area contributed by atoms with Crippen LogP contribution in [-0.2, 0) is 12.7 Å². The number of amides is 2. The van der Waals surface area contributed by atoms with Gasteiger partial charge in [-0.15, -0.1) is 0 Å². The molecule has 2 amide bonds. The number of furan rings is 1. The second-order valence-corrected chi connectivity index (χ2v) is 8.11. The molecule has 0 atom stereocenters. The summed E-state index contributed by atoms with van der Waals surface area (Å²) in [5, 5.41) is 0. The molecule has 1 aliphatic rings. The lowest BCUT2D eigenvalue weighted by Gasteiger charge is -2.35. The zero-order chi connectivity index (χ0) is 23.8. The maximum Gasteiger partial charge on any atom is 0.416 e. The average molecular weight is 459 g/mol. The lowest BCUT2D eigenvalue weighted by Crippen LogP contribution is -2.50. The first-order chi connectivity index (χ1) is 15.6. The quantitative estimate of drug-likeness (QED) is 0.583. The minimum Gasteiger partial charge on any atom is -0.467 e. The SMILES string of the molecule is Cc1cc(C(=O)N2CCN(C(=O)c3ccc(C(F)(F)F)cc3)CC2)c(C)n1Cc1ccco1. The smallest absolute Gasteiger partial charge is 0.416 e. The molecule has 3 aromatic rings. The van der Waals surface area contributed by atoms with E-state index in [1.165, 1.54) is 12.1 Å². The van der Waals surface area contributed by atoms with Crippen molar-refractivity contribution in [2.75, 3.05) is 26.2 Å². The summed E-state index contributed by atoms with van der Waals surface area (Å²) in [5.74, 6) is 0.356. The monoisotopic (exact) mass is 459 g/mol. The Kier molecular flexibility index (Phi) is 6.05. The summed E-state index contributed by atoms with van der Waals surface area (Å²) in [5.41, 5.74) is 1.81. The number of aromatic nitrogens is 1. The number of carbonyl (C=O) groups is 2. The van der Waals surface area contributed by atoms with E-state index in [0.717, 1.165) is 29.3 Å². The van der Waals surface area contributed by atoms with Crippen LogP contribution in [0, 0.1) is 13.8 Å². The van der Waals surface area contributed by atoms with Gasteiger partial charge in [0, 0.05) is 43.1 Å². The van der Waals surface area contributed by atoms with Gasteiger partial charge in [-0.2, -0.15) is 13.2 Å². The Hall–Kier alpha value is -3.49. The van der Waals surface area contributed by atoms with Crippen LogP contribution in [0.1, 0.15) is 43.4 Å². The van der Waals surface area contributed by atoms with E-state index in [1.807, 2.05) is 36.6 Å². The molecule has 1 aromatic carbocycles. The molecule has 0 spiro atoms. The third-order valence-electron chi connectivity index (χ3n) is 6.01. The number of aryl methyl sites for hydroxylation is 1. The van der Waals surface area contributed by atoms with Crippen molar-refractivity contribution in [3.63, 3.8) is 0 Å². The highest BCUT2D eigenvalue weighted by molar-refractivity contribution is 5.97. The van der Waals surface area contributed by atoms with Gasteiger partial charge >= 0.3 is 6.18 Å². The summed E-state index contributed by atoms with van der Waals surface area (Å²) < 4.78 is 45.7. The van der Waals surface area contributed by atoms with Crippen LogP contribution in [0.2, 0.25) is 0 Å². The number of carbonyl (C=O) groups excluding carboxylic acids is 2. The average Bonchev–Trinajstić information content (AvgIpc) is 3.41. The molecule has 2 aromatic heterocycles. The standard InChI is InChI=1S/C24H24F3N3O3/c1-16-14-21(17(2)30(16)15-20-4-3-13-33-20)23(32)29-11-9-28(10-12-29)22(31)18-5-7-19(8-6-18)24(25,26)27/h3-8,13-14H,9-12,15H2,1-2H3. The molecule has 0 saturated carbocycles. The second kappa shape index (κ2) is 8.80. The first-order valence-electron chi connectivity index (χ1n) is 10.6. The van der Waals surface area contributed by atoms with Gasteiger partial charge in [0.1, 0.15) is 5.76 Å². The summed E-state index contributed by atoms with van der Waals surface area (Å²) in [4.78, 5) is 29.1. The zero-order valence-electron chi connectivity index (χ0n) is 18.4. The molecule has 33 heavy (non-hydrogen) atoms. The number of nitrogens with zero attached hydrogens (tertiary/aromatic N) is 3. The summed E-state index contributed by atoms with van der Waals surface area (Å²) in [6.07, 6.45) is -2.83. The lowest BCUT2D eigenvalue weighted by atomic mass is 10.1. The van der Waals surface area contributed by atoms with Crippen molar-refractivity contribution >= 4 is 11.8 Å². The fraction of sp³-hybridized carbons (Fsp3) is 0.333. The van der Waals surface area contributed by atoms with E-state index in [2.05, 4.69) is 0 Å². The Bertz CT molecular complexity index is 1140. The van der Waals surface area contributed by atoms with Crippen molar-refractivity contribution in [1.82, 2.24) is 14.4 Å². The van der Waals surface area contributed by atoms with E-state index in [1.54, 1.807) is 16.1 Å². The normalized spacial score (nSPS) is 14.6. The summed E-state index contributed by atoms with van der Waals surface area (Å²) >= 11 is 0. The molecule has 1 saturated heterocycles. The fourth-order valence-electron chi connectivity index (χ4n) is 4.09. The molecule has 0 unspecified atom stereocenters. The first-order valence-corrected chi connectivity index (χ1v) is 10.6. The van der Waals surface area contributed by atoms with Gasteiger partial charge in [0.2, 0.25) is 0 Å². The van der Waals surface area contributed by atoms with E-state index < -0.39 is 11.7 Å². The van der Waals surface area contributed by atoms with Crippen molar-refractivity contribution in [2.24, 2.45) is 0 Å². The molecule has 174 valence electrons. The van der Waals surface area contributed by atoms with Crippen LogP contribution < -0.4 is 0 Å². The van der Waals surface area contributed by atoms with Gasteiger partial charge in [-0.1, -0.05) is 0 Å². The molecule has 0 N–H and O–H groups in total. The highest BCUT2D eigenvalue weighted by Gasteiger charge is 2.31. The molecule has 9 heteroatoms. The highest BCUT2D eigenvalue weighted by Crippen LogP contribution is 2.29. The summed E-state index contributed by atoms with van der Waals surface area (Å²) in [6, 6.07) is 9.76. The summed E-state index contributed by atoms with van der Waals surface area (Å²) in [6.45, 7) is 5.71. The Morgan fingerprint density at radius 1 is 0.939 bits per heavy atom. The maximum atomic E-state index is 13.1. The van der Waals surface area contributed by atoms with Gasteiger partial charge in [-0.3, -0.25) is 9.59 Å². The topological polar surface area (TPSA) is 58.7 Å². The van der Waals surface area contributed by atoms with Crippen LogP contribution >= 0.6 is 0 Å². The van der Waals surface area contributed by atoms with E-state index in [-0.39, 0.29) is 17.4 Å². The van der Waals surface area contributed by atoms with Crippen molar-refractivity contribution in [3.05, 3.63) is 82.6 Å². The van der Waals surface area contributed by atoms with Crippen LogP contribution in [0.4, 0.5) is 13.2 Å². The van der Waals surface area contributed by atoms with Gasteiger partial charge in [0.05, 0.1) is 23.9 Å². The minimum atomic E-state index is -4.44. The van der Waals surface area contributed by atoms with Crippen molar-refractivity contribution in [2.45, 2.75) is 26.6 Å². The molecular weight excluding hydrogens is 435 g/mol. The van der Waals surface area contributed by atoms with E-state index in [4.69, 9.17) is 4.42 Å². The van der Waals surface area contributed by atoms with Gasteiger partial charge < -0.3 is 18.8 Å². The molecule has 3 heterocycles. The zero-order valence-corrected chi connectivity index (χ0v) is 18.4. The first kappa shape index (κ1) is 22.7. The number of alkyl halides is 3. The number of piperazine rings is 1. The molecule has 4 rings (SSSR count). The predicted octanol–water partition coefficient (Wildman–Crippen LogP) is 4.36. The number of hydrogen-bond donors (Lipinski definition) is 0. The minimum absolute atomic E-state index is 0.101. The molecular formula is C24H24F3N3O3. The Morgan fingerprint density at radius 3 is 2.09 bits per heavy atom. The van der Waals surface area contributed by atoms with E-state index in [0.29, 0.717) is 38.3 Å². The Labute approximate surface area is 189 Å². The third kappa shape index (κ3) is 4.67. The Balaban J connectivity index is 1.40. The van der Waals surface area contributed by atoms with E-state index in [9.17, 15) is 22.8 Å². The lowest BCUT2D eigenvalue weighted by molar-refractivity contribution is -0.137. The number of benzene rings is 1. The van der Waals surface area contributed by atoms with Crippen molar-refractivity contribution < 1.29 is 27.2 Å².